The average molecular weight is 247 g/mol. The summed E-state index contributed by atoms with van der Waals surface area (Å²) in [5.41, 5.74) is 1.13. The Balaban J connectivity index is 1.74. The number of amides is 1. The molecule has 1 atom stereocenters. The minimum atomic E-state index is 0.235. The number of nitrogens with one attached hydrogen (secondary N) is 1. The summed E-state index contributed by atoms with van der Waals surface area (Å²) in [7, 11) is 1.87. The van der Waals surface area contributed by atoms with Gasteiger partial charge >= 0.3 is 0 Å². The second-order valence-corrected chi connectivity index (χ2v) is 5.00. The van der Waals surface area contributed by atoms with E-state index < -0.39 is 0 Å². The Bertz CT molecular complexity index is 374. The van der Waals surface area contributed by atoms with E-state index in [4.69, 9.17) is 0 Å². The van der Waals surface area contributed by atoms with Crippen molar-refractivity contribution in [2.75, 3.05) is 20.1 Å². The molecule has 1 aromatic heterocycles. The van der Waals surface area contributed by atoms with Crippen LogP contribution in [0.15, 0.2) is 24.5 Å². The number of pyridine rings is 1. The van der Waals surface area contributed by atoms with Gasteiger partial charge in [-0.3, -0.25) is 9.78 Å². The third-order valence-electron chi connectivity index (χ3n) is 3.52. The maximum atomic E-state index is 12.0. The second kappa shape index (κ2) is 6.50. The molecule has 0 radical (unpaired) electrons. The fraction of sp³-hybridized carbons (Fsp3) is 0.571. The summed E-state index contributed by atoms with van der Waals surface area (Å²) in [4.78, 5) is 17.8. The van der Waals surface area contributed by atoms with Crippen molar-refractivity contribution < 1.29 is 4.79 Å². The van der Waals surface area contributed by atoms with Crippen LogP contribution in [0.1, 0.15) is 24.8 Å². The van der Waals surface area contributed by atoms with Crippen LogP contribution >= 0.6 is 0 Å². The Kier molecular flexibility index (Phi) is 4.70. The summed E-state index contributed by atoms with van der Waals surface area (Å²) < 4.78 is 0. The van der Waals surface area contributed by atoms with Crippen molar-refractivity contribution in [3.63, 3.8) is 0 Å². The van der Waals surface area contributed by atoms with Crippen LogP contribution in [0.25, 0.3) is 0 Å². The van der Waals surface area contributed by atoms with Crippen LogP contribution in [0.3, 0.4) is 0 Å². The standard InChI is InChI=1S/C14H21N3O/c1-17(11-13-5-7-15-8-6-13)14(18)3-2-12-4-9-16-10-12/h5-8,12,16H,2-4,9-11H2,1H3. The van der Waals surface area contributed by atoms with Crippen LogP contribution in [0.2, 0.25) is 0 Å². The van der Waals surface area contributed by atoms with Gasteiger partial charge in [0.1, 0.15) is 0 Å². The molecule has 1 fully saturated rings. The SMILES string of the molecule is CN(Cc1ccncc1)C(=O)CCC1CCNC1. The zero-order chi connectivity index (χ0) is 12.8. The van der Waals surface area contributed by atoms with Gasteiger partial charge in [0.05, 0.1) is 0 Å². The van der Waals surface area contributed by atoms with Gasteiger partial charge in [-0.1, -0.05) is 0 Å². The monoisotopic (exact) mass is 247 g/mol. The van der Waals surface area contributed by atoms with Gasteiger partial charge < -0.3 is 10.2 Å². The Hall–Kier alpha value is -1.42. The first kappa shape index (κ1) is 13.0. The number of hydrogen-bond donors (Lipinski definition) is 1. The zero-order valence-electron chi connectivity index (χ0n) is 10.9. The van der Waals surface area contributed by atoms with Crippen molar-refractivity contribution in [2.24, 2.45) is 5.92 Å². The molecule has 1 unspecified atom stereocenters. The molecule has 1 aliphatic heterocycles. The van der Waals surface area contributed by atoms with Gasteiger partial charge in [-0.15, -0.1) is 0 Å². The highest BCUT2D eigenvalue weighted by Crippen LogP contribution is 2.15. The first-order chi connectivity index (χ1) is 8.75. The predicted octanol–water partition coefficient (Wildman–Crippen LogP) is 1.43. The lowest BCUT2D eigenvalue weighted by atomic mass is 10.0. The Morgan fingerprint density at radius 1 is 1.50 bits per heavy atom. The molecule has 4 nitrogen and oxygen atoms in total. The molecule has 1 aliphatic rings. The number of carbonyl (C=O) groups excluding carboxylic acids is 1. The molecule has 0 spiro atoms. The molecule has 0 aliphatic carbocycles. The van der Waals surface area contributed by atoms with Gasteiger partial charge in [0.25, 0.3) is 0 Å². The van der Waals surface area contributed by atoms with Crippen LogP contribution < -0.4 is 5.32 Å². The smallest absolute Gasteiger partial charge is 0.222 e. The van der Waals surface area contributed by atoms with Crippen LogP contribution in [-0.4, -0.2) is 35.9 Å². The first-order valence-electron chi connectivity index (χ1n) is 6.59. The van der Waals surface area contributed by atoms with Crippen molar-refractivity contribution in [2.45, 2.75) is 25.8 Å². The molecule has 1 aromatic rings. The summed E-state index contributed by atoms with van der Waals surface area (Å²) in [6.45, 7) is 2.84. The molecule has 0 saturated carbocycles. The van der Waals surface area contributed by atoms with Crippen molar-refractivity contribution in [1.29, 1.82) is 0 Å². The highest BCUT2D eigenvalue weighted by Gasteiger charge is 2.17. The lowest BCUT2D eigenvalue weighted by molar-refractivity contribution is -0.130. The van der Waals surface area contributed by atoms with Gasteiger partial charge in [0.15, 0.2) is 0 Å². The summed E-state index contributed by atoms with van der Waals surface area (Å²) >= 11 is 0. The predicted molar refractivity (Wildman–Crippen MR) is 70.9 cm³/mol. The van der Waals surface area contributed by atoms with E-state index in [0.29, 0.717) is 18.9 Å². The van der Waals surface area contributed by atoms with Gasteiger partial charge in [-0.25, -0.2) is 0 Å². The Morgan fingerprint density at radius 2 is 2.28 bits per heavy atom. The van der Waals surface area contributed by atoms with Crippen molar-refractivity contribution in [3.05, 3.63) is 30.1 Å². The Morgan fingerprint density at radius 3 is 2.94 bits per heavy atom. The molecular weight excluding hydrogens is 226 g/mol. The highest BCUT2D eigenvalue weighted by molar-refractivity contribution is 5.75. The quantitative estimate of drug-likeness (QED) is 0.856. The summed E-state index contributed by atoms with van der Waals surface area (Å²) in [6.07, 6.45) is 6.40. The minimum absolute atomic E-state index is 0.235. The summed E-state index contributed by atoms with van der Waals surface area (Å²) in [5, 5.41) is 3.33. The van der Waals surface area contributed by atoms with E-state index in [1.54, 1.807) is 17.3 Å². The summed E-state index contributed by atoms with van der Waals surface area (Å²) in [5.74, 6) is 0.919. The molecule has 0 bridgehead atoms. The van der Waals surface area contributed by atoms with Crippen LogP contribution in [-0.2, 0) is 11.3 Å². The second-order valence-electron chi connectivity index (χ2n) is 5.00. The third kappa shape index (κ3) is 3.81. The van der Waals surface area contributed by atoms with Crippen LogP contribution in [0.4, 0.5) is 0 Å². The number of nitrogens with zero attached hydrogens (tertiary/aromatic N) is 2. The molecule has 1 N–H and O–H groups in total. The molecule has 2 rings (SSSR count). The number of aromatic nitrogens is 1. The van der Waals surface area contributed by atoms with Gasteiger partial charge in [-0.2, -0.15) is 0 Å². The lowest BCUT2D eigenvalue weighted by Crippen LogP contribution is -2.26. The first-order valence-corrected chi connectivity index (χ1v) is 6.59. The van der Waals surface area contributed by atoms with Gasteiger partial charge in [-0.05, 0) is 49.5 Å². The van der Waals surface area contributed by atoms with Crippen molar-refractivity contribution in [3.8, 4) is 0 Å². The molecule has 1 saturated heterocycles. The van der Waals surface area contributed by atoms with E-state index in [9.17, 15) is 4.79 Å². The van der Waals surface area contributed by atoms with E-state index >= 15 is 0 Å². The molecular formula is C14H21N3O. The lowest BCUT2D eigenvalue weighted by Gasteiger charge is -2.18. The van der Waals surface area contributed by atoms with Gasteiger partial charge in [0, 0.05) is 32.4 Å². The normalized spacial score (nSPS) is 18.8. The zero-order valence-corrected chi connectivity index (χ0v) is 10.9. The molecule has 18 heavy (non-hydrogen) atoms. The summed E-state index contributed by atoms with van der Waals surface area (Å²) in [6, 6.07) is 3.90. The number of carbonyl (C=O) groups is 1. The van der Waals surface area contributed by atoms with Crippen LogP contribution in [0.5, 0.6) is 0 Å². The number of hydrogen-bond acceptors (Lipinski definition) is 3. The van der Waals surface area contributed by atoms with E-state index in [1.807, 2.05) is 19.2 Å². The molecule has 2 heterocycles. The van der Waals surface area contributed by atoms with E-state index in [-0.39, 0.29) is 5.91 Å². The van der Waals surface area contributed by atoms with Crippen molar-refractivity contribution >= 4 is 5.91 Å². The number of rotatable bonds is 5. The van der Waals surface area contributed by atoms with E-state index in [1.165, 1.54) is 6.42 Å². The van der Waals surface area contributed by atoms with Crippen molar-refractivity contribution in [1.82, 2.24) is 15.2 Å². The van der Waals surface area contributed by atoms with E-state index in [2.05, 4.69) is 10.3 Å². The van der Waals surface area contributed by atoms with Gasteiger partial charge in [0.2, 0.25) is 5.91 Å². The third-order valence-corrected chi connectivity index (χ3v) is 3.52. The maximum Gasteiger partial charge on any atom is 0.222 e. The fourth-order valence-electron chi connectivity index (χ4n) is 2.33. The maximum absolute atomic E-state index is 12.0. The van der Waals surface area contributed by atoms with Crippen LogP contribution in [0, 0.1) is 5.92 Å². The molecule has 4 heteroatoms. The largest absolute Gasteiger partial charge is 0.341 e. The highest BCUT2D eigenvalue weighted by atomic mass is 16.2. The average Bonchev–Trinajstić information content (AvgIpc) is 2.90. The van der Waals surface area contributed by atoms with E-state index in [0.717, 1.165) is 25.1 Å². The molecule has 98 valence electrons. The Labute approximate surface area is 108 Å². The topological polar surface area (TPSA) is 45.2 Å². The minimum Gasteiger partial charge on any atom is -0.341 e. The fourth-order valence-corrected chi connectivity index (χ4v) is 2.33. The molecule has 0 aromatic carbocycles. The molecule has 1 amide bonds.